The quantitative estimate of drug-likeness (QED) is 0.356. The summed E-state index contributed by atoms with van der Waals surface area (Å²) >= 11 is 0. The molecule has 21 heavy (non-hydrogen) atoms. The van der Waals surface area contributed by atoms with Gasteiger partial charge in [-0.15, -0.1) is 0 Å². The summed E-state index contributed by atoms with van der Waals surface area (Å²) in [6.07, 6.45) is 1.28. The molecule has 0 heterocycles. The number of unbranched alkanes of at least 4 members (excludes halogenated alkanes) is 1. The summed E-state index contributed by atoms with van der Waals surface area (Å²) in [4.78, 5) is 15.6. The largest absolute Gasteiger partial charge is 0.444 e. The van der Waals surface area contributed by atoms with Crippen LogP contribution in [0.5, 0.6) is 0 Å². The molecule has 0 bridgehead atoms. The van der Waals surface area contributed by atoms with E-state index >= 15 is 0 Å². The van der Waals surface area contributed by atoms with E-state index in [9.17, 15) is 4.79 Å². The number of aliphatic imine (C=N–C) groups is 1. The number of ether oxygens (including phenoxy) is 2. The molecule has 0 radical (unpaired) electrons. The van der Waals surface area contributed by atoms with Crippen LogP contribution in [0.2, 0.25) is 0 Å². The Bertz CT molecular complexity index is 327. The Morgan fingerprint density at radius 2 is 2.00 bits per heavy atom. The van der Waals surface area contributed by atoms with Crippen molar-refractivity contribution in [1.82, 2.24) is 10.6 Å². The highest BCUT2D eigenvalue weighted by atomic mass is 16.6. The number of nitrogens with two attached hydrogens (primary N) is 1. The average molecular weight is 302 g/mol. The van der Waals surface area contributed by atoms with E-state index in [1.807, 2.05) is 27.7 Å². The summed E-state index contributed by atoms with van der Waals surface area (Å²) in [5, 5.41) is 5.73. The van der Waals surface area contributed by atoms with Crippen molar-refractivity contribution >= 4 is 12.1 Å². The number of nitrogens with zero attached hydrogens (tertiary/aromatic N) is 1. The zero-order chi connectivity index (χ0) is 16.3. The van der Waals surface area contributed by atoms with Crippen LogP contribution in [0.4, 0.5) is 4.79 Å². The molecule has 0 spiro atoms. The highest BCUT2D eigenvalue weighted by molar-refractivity contribution is 5.78. The van der Waals surface area contributed by atoms with Crippen LogP contribution in [0.3, 0.4) is 0 Å². The fraction of sp³-hybridized carbons (Fsp3) is 0.857. The molecular weight excluding hydrogens is 272 g/mol. The van der Waals surface area contributed by atoms with Crippen molar-refractivity contribution in [2.45, 2.75) is 52.2 Å². The fourth-order valence-electron chi connectivity index (χ4n) is 1.53. The predicted molar refractivity (Wildman–Crippen MR) is 84.4 cm³/mol. The molecular formula is C14H30N4O3. The number of rotatable bonds is 8. The lowest BCUT2D eigenvalue weighted by molar-refractivity contribution is 0.0527. The Hall–Kier alpha value is -1.50. The molecule has 0 aromatic carbocycles. The lowest BCUT2D eigenvalue weighted by Crippen LogP contribution is -2.40. The van der Waals surface area contributed by atoms with Gasteiger partial charge >= 0.3 is 6.09 Å². The second kappa shape index (κ2) is 10.3. The van der Waals surface area contributed by atoms with Crippen LogP contribution in [-0.4, -0.2) is 50.5 Å². The first kappa shape index (κ1) is 19.5. The minimum absolute atomic E-state index is 0.132. The molecule has 4 N–H and O–H groups in total. The summed E-state index contributed by atoms with van der Waals surface area (Å²) < 4.78 is 10.1. The van der Waals surface area contributed by atoms with Gasteiger partial charge in [0, 0.05) is 26.2 Å². The van der Waals surface area contributed by atoms with Crippen LogP contribution in [0.15, 0.2) is 4.99 Å². The maximum Gasteiger partial charge on any atom is 0.407 e. The Morgan fingerprint density at radius 3 is 2.57 bits per heavy atom. The number of carbonyl (C=O) groups is 1. The molecule has 1 atom stereocenters. The van der Waals surface area contributed by atoms with E-state index in [0.29, 0.717) is 25.7 Å². The van der Waals surface area contributed by atoms with Gasteiger partial charge in [0.1, 0.15) is 5.60 Å². The SMILES string of the molecule is COCC(C)NC(N)=NCCCCNC(=O)OC(C)(C)C. The second-order valence-corrected chi connectivity index (χ2v) is 5.90. The molecule has 7 heteroatoms. The number of hydrogen-bond donors (Lipinski definition) is 3. The van der Waals surface area contributed by atoms with Gasteiger partial charge in [0.2, 0.25) is 0 Å². The van der Waals surface area contributed by atoms with Crippen molar-refractivity contribution in [1.29, 1.82) is 0 Å². The van der Waals surface area contributed by atoms with Crippen LogP contribution >= 0.6 is 0 Å². The number of nitrogens with one attached hydrogen (secondary N) is 2. The van der Waals surface area contributed by atoms with Crippen LogP contribution in [0, 0.1) is 0 Å². The molecule has 0 saturated carbocycles. The molecule has 0 aliphatic carbocycles. The lowest BCUT2D eigenvalue weighted by Gasteiger charge is -2.19. The monoisotopic (exact) mass is 302 g/mol. The second-order valence-electron chi connectivity index (χ2n) is 5.90. The first-order chi connectivity index (χ1) is 9.74. The van der Waals surface area contributed by atoms with Gasteiger partial charge in [-0.1, -0.05) is 0 Å². The Labute approximate surface area is 127 Å². The molecule has 0 aromatic rings. The zero-order valence-electron chi connectivity index (χ0n) is 13.9. The van der Waals surface area contributed by atoms with Crippen molar-refractivity contribution in [2.75, 3.05) is 26.8 Å². The number of alkyl carbamates (subject to hydrolysis) is 1. The molecule has 1 amide bonds. The number of guanidine groups is 1. The smallest absolute Gasteiger partial charge is 0.407 e. The summed E-state index contributed by atoms with van der Waals surface area (Å²) in [6.45, 7) is 9.24. The van der Waals surface area contributed by atoms with Crippen molar-refractivity contribution in [3.63, 3.8) is 0 Å². The molecule has 0 aromatic heterocycles. The van der Waals surface area contributed by atoms with Gasteiger partial charge in [-0.2, -0.15) is 0 Å². The highest BCUT2D eigenvalue weighted by Crippen LogP contribution is 2.06. The van der Waals surface area contributed by atoms with Gasteiger partial charge < -0.3 is 25.8 Å². The normalized spacial score (nSPS) is 13.7. The molecule has 124 valence electrons. The van der Waals surface area contributed by atoms with Gasteiger partial charge in [-0.05, 0) is 40.5 Å². The van der Waals surface area contributed by atoms with E-state index in [4.69, 9.17) is 15.2 Å². The minimum atomic E-state index is -0.465. The van der Waals surface area contributed by atoms with E-state index in [2.05, 4.69) is 15.6 Å². The van der Waals surface area contributed by atoms with E-state index in [1.54, 1.807) is 7.11 Å². The van der Waals surface area contributed by atoms with Crippen LogP contribution < -0.4 is 16.4 Å². The van der Waals surface area contributed by atoms with E-state index < -0.39 is 5.60 Å². The van der Waals surface area contributed by atoms with Crippen LogP contribution in [0.1, 0.15) is 40.5 Å². The summed E-state index contributed by atoms with van der Waals surface area (Å²) in [5.41, 5.74) is 5.27. The Kier molecular flexibility index (Phi) is 9.53. The number of amides is 1. The molecule has 0 aliphatic rings. The molecule has 1 unspecified atom stereocenters. The number of hydrogen-bond acceptors (Lipinski definition) is 4. The summed E-state index contributed by atoms with van der Waals surface area (Å²) in [5.74, 6) is 0.416. The third kappa shape index (κ3) is 13.2. The fourth-order valence-corrected chi connectivity index (χ4v) is 1.53. The van der Waals surface area contributed by atoms with Crippen molar-refractivity contribution < 1.29 is 14.3 Å². The Balaban J connectivity index is 3.65. The van der Waals surface area contributed by atoms with Gasteiger partial charge in [-0.25, -0.2) is 4.79 Å². The van der Waals surface area contributed by atoms with Crippen molar-refractivity contribution in [2.24, 2.45) is 10.7 Å². The van der Waals surface area contributed by atoms with Gasteiger partial charge in [-0.3, -0.25) is 4.99 Å². The lowest BCUT2D eigenvalue weighted by atomic mass is 10.2. The first-order valence-corrected chi connectivity index (χ1v) is 7.27. The highest BCUT2D eigenvalue weighted by Gasteiger charge is 2.15. The van der Waals surface area contributed by atoms with Crippen molar-refractivity contribution in [3.05, 3.63) is 0 Å². The van der Waals surface area contributed by atoms with Crippen LogP contribution in [0.25, 0.3) is 0 Å². The maximum absolute atomic E-state index is 11.4. The van der Waals surface area contributed by atoms with E-state index in [0.717, 1.165) is 12.8 Å². The standard InChI is InChI=1S/C14H30N4O3/c1-11(10-20-5)18-12(15)16-8-6-7-9-17-13(19)21-14(2,3)4/h11H,6-10H2,1-5H3,(H,17,19)(H3,15,16,18). The third-order valence-electron chi connectivity index (χ3n) is 2.35. The van der Waals surface area contributed by atoms with Gasteiger partial charge in [0.25, 0.3) is 0 Å². The molecule has 0 rings (SSSR count). The maximum atomic E-state index is 11.4. The molecule has 7 nitrogen and oxygen atoms in total. The third-order valence-corrected chi connectivity index (χ3v) is 2.35. The van der Waals surface area contributed by atoms with E-state index in [1.165, 1.54) is 0 Å². The van der Waals surface area contributed by atoms with Gasteiger partial charge in [0.05, 0.1) is 6.61 Å². The zero-order valence-corrected chi connectivity index (χ0v) is 13.9. The molecule has 0 fully saturated rings. The predicted octanol–water partition coefficient (Wildman–Crippen LogP) is 1.23. The first-order valence-electron chi connectivity index (χ1n) is 7.27. The van der Waals surface area contributed by atoms with Crippen molar-refractivity contribution in [3.8, 4) is 0 Å². The summed E-state index contributed by atoms with van der Waals surface area (Å²) in [6, 6.07) is 0.132. The number of methoxy groups -OCH3 is 1. The molecule has 0 aliphatic heterocycles. The van der Waals surface area contributed by atoms with Crippen LogP contribution in [-0.2, 0) is 9.47 Å². The molecule has 0 saturated heterocycles. The van der Waals surface area contributed by atoms with E-state index in [-0.39, 0.29) is 12.1 Å². The van der Waals surface area contributed by atoms with Gasteiger partial charge in [0.15, 0.2) is 5.96 Å². The Morgan fingerprint density at radius 1 is 1.33 bits per heavy atom. The average Bonchev–Trinajstić information content (AvgIpc) is 2.31. The summed E-state index contributed by atoms with van der Waals surface area (Å²) in [7, 11) is 1.64. The topological polar surface area (TPSA) is 98.0 Å². The minimum Gasteiger partial charge on any atom is -0.444 e. The number of carbonyl (C=O) groups excluding carboxylic acids is 1.